The Morgan fingerprint density at radius 2 is 1.79 bits per heavy atom. The lowest BCUT2D eigenvalue weighted by atomic mass is 10.0. The molecule has 0 saturated carbocycles. The summed E-state index contributed by atoms with van der Waals surface area (Å²) in [5.74, 6) is 1.48. The molecule has 4 N–H and O–H groups in total. The summed E-state index contributed by atoms with van der Waals surface area (Å²) >= 11 is 0. The Labute approximate surface area is 146 Å². The summed E-state index contributed by atoms with van der Waals surface area (Å²) in [6, 6.07) is 7.00. The normalized spacial score (nSPS) is 13.8. The van der Waals surface area contributed by atoms with Crippen LogP contribution in [0.15, 0.2) is 34.2 Å². The van der Waals surface area contributed by atoms with Crippen LogP contribution in [0.5, 0.6) is 0 Å². The highest BCUT2D eigenvalue weighted by atomic mass is 32.2. The number of hydrogen-bond donors (Lipinski definition) is 3. The van der Waals surface area contributed by atoms with Crippen LogP contribution in [0.2, 0.25) is 0 Å². The average molecular weight is 355 g/mol. The smallest absolute Gasteiger partial charge is 0.238 e. The first-order valence-corrected chi connectivity index (χ1v) is 9.86. The third-order valence-electron chi connectivity index (χ3n) is 3.74. The number of primary sulfonamides is 1. The zero-order chi connectivity index (χ0) is 18.2. The van der Waals surface area contributed by atoms with Crippen molar-refractivity contribution < 1.29 is 8.42 Å². The molecule has 1 atom stereocenters. The van der Waals surface area contributed by atoms with Crippen molar-refractivity contribution in [1.82, 2.24) is 10.6 Å². The van der Waals surface area contributed by atoms with E-state index in [1.165, 1.54) is 18.6 Å². The Morgan fingerprint density at radius 3 is 2.29 bits per heavy atom. The van der Waals surface area contributed by atoms with Gasteiger partial charge in [-0.15, -0.1) is 0 Å². The molecule has 1 aromatic rings. The molecular formula is C17H30N4O2S. The van der Waals surface area contributed by atoms with E-state index in [0.29, 0.717) is 18.5 Å². The maximum absolute atomic E-state index is 11.2. The van der Waals surface area contributed by atoms with E-state index in [1.807, 2.05) is 0 Å². The summed E-state index contributed by atoms with van der Waals surface area (Å²) in [7, 11) is -1.87. The highest BCUT2D eigenvalue weighted by Crippen LogP contribution is 2.09. The van der Waals surface area contributed by atoms with E-state index in [-0.39, 0.29) is 4.90 Å². The Hall–Kier alpha value is -1.60. The number of sulfonamides is 1. The second-order valence-corrected chi connectivity index (χ2v) is 8.02. The first-order valence-electron chi connectivity index (χ1n) is 8.31. The van der Waals surface area contributed by atoms with Crippen LogP contribution in [0, 0.1) is 5.92 Å². The van der Waals surface area contributed by atoms with E-state index in [1.54, 1.807) is 19.2 Å². The van der Waals surface area contributed by atoms with E-state index in [4.69, 9.17) is 5.14 Å². The second-order valence-electron chi connectivity index (χ2n) is 6.45. The van der Waals surface area contributed by atoms with Crippen molar-refractivity contribution in [2.24, 2.45) is 16.0 Å². The minimum absolute atomic E-state index is 0.135. The summed E-state index contributed by atoms with van der Waals surface area (Å²) in [5.41, 5.74) is 1.04. The number of nitrogens with two attached hydrogens (primary N) is 1. The highest BCUT2D eigenvalue weighted by molar-refractivity contribution is 7.89. The number of nitrogens with one attached hydrogen (secondary N) is 2. The number of hydrogen-bond acceptors (Lipinski definition) is 3. The van der Waals surface area contributed by atoms with Crippen molar-refractivity contribution in [3.05, 3.63) is 29.8 Å². The molecule has 6 nitrogen and oxygen atoms in total. The molecule has 0 aliphatic carbocycles. The molecule has 0 bridgehead atoms. The highest BCUT2D eigenvalue weighted by Gasteiger charge is 2.08. The average Bonchev–Trinajstić information content (AvgIpc) is 2.51. The van der Waals surface area contributed by atoms with Gasteiger partial charge in [0.15, 0.2) is 5.96 Å². The van der Waals surface area contributed by atoms with E-state index in [0.717, 1.165) is 24.4 Å². The molecule has 0 fully saturated rings. The first kappa shape index (κ1) is 20.4. The Balaban J connectivity index is 2.42. The molecule has 1 rings (SSSR count). The third kappa shape index (κ3) is 7.79. The second kappa shape index (κ2) is 9.64. The molecule has 0 saturated heterocycles. The standard InChI is InChI=1S/C17H30N4O2S/c1-13(2)5-6-14(3)21-17(19-4)20-12-11-15-7-9-16(10-8-15)24(18,22)23/h7-10,13-14H,5-6,11-12H2,1-4H3,(H2,18,22,23)(H2,19,20,21). The zero-order valence-electron chi connectivity index (χ0n) is 15.0. The van der Waals surface area contributed by atoms with Gasteiger partial charge in [0.25, 0.3) is 0 Å². The summed E-state index contributed by atoms with van der Waals surface area (Å²) in [4.78, 5) is 4.37. The van der Waals surface area contributed by atoms with Gasteiger partial charge < -0.3 is 10.6 Å². The van der Waals surface area contributed by atoms with Gasteiger partial charge in [0.05, 0.1) is 4.90 Å². The molecule has 0 spiro atoms. The fourth-order valence-electron chi connectivity index (χ4n) is 2.25. The molecule has 0 aromatic heterocycles. The molecule has 1 unspecified atom stereocenters. The number of rotatable bonds is 8. The van der Waals surface area contributed by atoms with Gasteiger partial charge in [0, 0.05) is 19.6 Å². The van der Waals surface area contributed by atoms with E-state index >= 15 is 0 Å². The Kier molecular flexibility index (Phi) is 8.21. The predicted octanol–water partition coefficient (Wildman–Crippen LogP) is 1.87. The zero-order valence-corrected chi connectivity index (χ0v) is 15.9. The summed E-state index contributed by atoms with van der Waals surface area (Å²) < 4.78 is 22.5. The van der Waals surface area contributed by atoms with Crippen LogP contribution < -0.4 is 15.8 Å². The Morgan fingerprint density at radius 1 is 1.17 bits per heavy atom. The first-order chi connectivity index (χ1) is 11.2. The molecule has 0 heterocycles. The number of nitrogens with zero attached hydrogens (tertiary/aromatic N) is 1. The quantitative estimate of drug-likeness (QED) is 0.490. The number of guanidine groups is 1. The molecule has 0 aliphatic heterocycles. The van der Waals surface area contributed by atoms with Crippen LogP contribution in [0.3, 0.4) is 0 Å². The van der Waals surface area contributed by atoms with Crippen LogP contribution in [0.1, 0.15) is 39.2 Å². The summed E-state index contributed by atoms with van der Waals surface area (Å²) in [6.45, 7) is 7.31. The lowest BCUT2D eigenvalue weighted by Gasteiger charge is -2.18. The maximum Gasteiger partial charge on any atom is 0.238 e. The van der Waals surface area contributed by atoms with E-state index < -0.39 is 10.0 Å². The van der Waals surface area contributed by atoms with Gasteiger partial charge in [0.1, 0.15) is 0 Å². The minimum atomic E-state index is -3.63. The Bertz CT molecular complexity index is 624. The molecule has 136 valence electrons. The van der Waals surface area contributed by atoms with Gasteiger partial charge in [-0.25, -0.2) is 13.6 Å². The van der Waals surface area contributed by atoms with Crippen molar-refractivity contribution in [3.8, 4) is 0 Å². The van der Waals surface area contributed by atoms with Crippen molar-refractivity contribution >= 4 is 16.0 Å². The number of benzene rings is 1. The van der Waals surface area contributed by atoms with E-state index in [2.05, 4.69) is 36.4 Å². The lowest BCUT2D eigenvalue weighted by Crippen LogP contribution is -2.43. The largest absolute Gasteiger partial charge is 0.356 e. The predicted molar refractivity (Wildman–Crippen MR) is 99.6 cm³/mol. The SMILES string of the molecule is CN=C(NCCc1ccc(S(N)(=O)=O)cc1)NC(C)CCC(C)C. The van der Waals surface area contributed by atoms with Gasteiger partial charge in [-0.05, 0) is 49.8 Å². The molecule has 1 aromatic carbocycles. The third-order valence-corrected chi connectivity index (χ3v) is 4.67. The lowest BCUT2D eigenvalue weighted by molar-refractivity contribution is 0.489. The van der Waals surface area contributed by atoms with Gasteiger partial charge in [-0.1, -0.05) is 26.0 Å². The van der Waals surface area contributed by atoms with Crippen molar-refractivity contribution in [3.63, 3.8) is 0 Å². The van der Waals surface area contributed by atoms with Gasteiger partial charge in [0.2, 0.25) is 10.0 Å². The van der Waals surface area contributed by atoms with Crippen molar-refractivity contribution in [2.45, 2.75) is 51.0 Å². The topological polar surface area (TPSA) is 96.6 Å². The van der Waals surface area contributed by atoms with Gasteiger partial charge in [-0.3, -0.25) is 4.99 Å². The van der Waals surface area contributed by atoms with Gasteiger partial charge in [-0.2, -0.15) is 0 Å². The maximum atomic E-state index is 11.2. The van der Waals surface area contributed by atoms with Crippen LogP contribution in [0.25, 0.3) is 0 Å². The van der Waals surface area contributed by atoms with Crippen LogP contribution in [-0.4, -0.2) is 34.0 Å². The van der Waals surface area contributed by atoms with Crippen molar-refractivity contribution in [2.75, 3.05) is 13.6 Å². The van der Waals surface area contributed by atoms with Crippen LogP contribution >= 0.6 is 0 Å². The number of aliphatic imine (C=N–C) groups is 1. The molecule has 0 aliphatic rings. The fourth-order valence-corrected chi connectivity index (χ4v) is 2.77. The minimum Gasteiger partial charge on any atom is -0.356 e. The van der Waals surface area contributed by atoms with Crippen LogP contribution in [0.4, 0.5) is 0 Å². The summed E-state index contributed by atoms with van der Waals surface area (Å²) in [5, 5.41) is 11.7. The molecule has 0 radical (unpaired) electrons. The van der Waals surface area contributed by atoms with Crippen LogP contribution in [-0.2, 0) is 16.4 Å². The molecule has 24 heavy (non-hydrogen) atoms. The molecule has 0 amide bonds. The summed E-state index contributed by atoms with van der Waals surface area (Å²) in [6.07, 6.45) is 3.06. The van der Waals surface area contributed by atoms with Gasteiger partial charge >= 0.3 is 0 Å². The molecule has 7 heteroatoms. The monoisotopic (exact) mass is 354 g/mol. The molecular weight excluding hydrogens is 324 g/mol. The van der Waals surface area contributed by atoms with Crippen molar-refractivity contribution in [1.29, 1.82) is 0 Å². The fraction of sp³-hybridized carbons (Fsp3) is 0.588. The van der Waals surface area contributed by atoms with E-state index in [9.17, 15) is 8.42 Å².